The largest absolute Gasteiger partial charge is 0.360 e. The van der Waals surface area contributed by atoms with Crippen LogP contribution in [0, 0.1) is 17.0 Å². The number of thioether (sulfide) groups is 1. The summed E-state index contributed by atoms with van der Waals surface area (Å²) in [5.74, 6) is 0.978. The fraction of sp³-hybridized carbons (Fsp3) is 0.417. The van der Waals surface area contributed by atoms with Crippen LogP contribution < -0.4 is 10.6 Å². The number of nitro groups is 1. The molecular weight excluding hydrogens is 264 g/mol. The van der Waals surface area contributed by atoms with Gasteiger partial charge in [0.25, 0.3) is 5.69 Å². The summed E-state index contributed by atoms with van der Waals surface area (Å²) < 4.78 is 0. The third-order valence-electron chi connectivity index (χ3n) is 2.81. The maximum absolute atomic E-state index is 10.7. The molecule has 1 aromatic carbocycles. The van der Waals surface area contributed by atoms with E-state index in [0.717, 1.165) is 28.7 Å². The molecule has 0 amide bonds. The van der Waals surface area contributed by atoms with Crippen molar-refractivity contribution in [3.05, 3.63) is 33.9 Å². The van der Waals surface area contributed by atoms with Crippen molar-refractivity contribution in [2.45, 2.75) is 13.0 Å². The molecule has 1 unspecified atom stereocenters. The van der Waals surface area contributed by atoms with Crippen LogP contribution in [0.4, 0.5) is 11.4 Å². The molecule has 1 aliphatic rings. The van der Waals surface area contributed by atoms with Crippen molar-refractivity contribution in [2.24, 2.45) is 4.99 Å². The summed E-state index contributed by atoms with van der Waals surface area (Å²) in [6.45, 7) is 2.72. The Balaban J connectivity index is 2.13. The number of aryl methyl sites for hydroxylation is 1. The maximum Gasteiger partial charge on any atom is 0.269 e. The predicted molar refractivity (Wildman–Crippen MR) is 78.2 cm³/mol. The van der Waals surface area contributed by atoms with Crippen LogP contribution in [0.3, 0.4) is 0 Å². The molecule has 0 saturated carbocycles. The molecule has 0 aliphatic carbocycles. The summed E-state index contributed by atoms with van der Waals surface area (Å²) in [5, 5.41) is 18.0. The van der Waals surface area contributed by atoms with E-state index in [0.29, 0.717) is 6.04 Å². The van der Waals surface area contributed by atoms with E-state index in [2.05, 4.69) is 15.6 Å². The molecular formula is C12H16N4O2S. The number of non-ortho nitro benzene ring substituents is 1. The Hall–Kier alpha value is -1.60. The molecule has 2 N–H and O–H groups in total. The second kappa shape index (κ2) is 6.03. The first-order valence-corrected chi connectivity index (χ1v) is 6.96. The van der Waals surface area contributed by atoms with Crippen LogP contribution in [0.2, 0.25) is 0 Å². The number of hydrogen-bond acceptors (Lipinski definition) is 5. The number of nitro benzene ring substituents is 1. The summed E-state index contributed by atoms with van der Waals surface area (Å²) >= 11 is 1.67. The van der Waals surface area contributed by atoms with Crippen molar-refractivity contribution >= 4 is 28.3 Å². The molecule has 1 aliphatic heterocycles. The summed E-state index contributed by atoms with van der Waals surface area (Å²) in [6.07, 6.45) is 0. The standard InChI is InChI=1S/C12H16N4O2S/c1-8-5-10(16(17)18)3-4-11(8)15-12-14-9(6-13-2)7-19-12/h3-5,9,13H,6-7H2,1-2H3,(H,14,15). The van der Waals surface area contributed by atoms with Crippen molar-refractivity contribution < 1.29 is 4.92 Å². The van der Waals surface area contributed by atoms with Gasteiger partial charge in [0.2, 0.25) is 0 Å². The van der Waals surface area contributed by atoms with Crippen LogP contribution >= 0.6 is 11.8 Å². The lowest BCUT2D eigenvalue weighted by Gasteiger charge is -2.08. The molecule has 0 spiro atoms. The van der Waals surface area contributed by atoms with Gasteiger partial charge in [-0.1, -0.05) is 11.8 Å². The molecule has 1 atom stereocenters. The van der Waals surface area contributed by atoms with E-state index in [1.54, 1.807) is 23.9 Å². The zero-order valence-electron chi connectivity index (χ0n) is 10.8. The minimum absolute atomic E-state index is 0.0987. The molecule has 1 saturated heterocycles. The van der Waals surface area contributed by atoms with Crippen LogP contribution in [0.25, 0.3) is 0 Å². The summed E-state index contributed by atoms with van der Waals surface area (Å²) in [7, 11) is 1.92. The van der Waals surface area contributed by atoms with Crippen LogP contribution in [-0.4, -0.2) is 35.5 Å². The number of aliphatic imine (C=N–C) groups is 1. The third kappa shape index (κ3) is 3.45. The van der Waals surface area contributed by atoms with Crippen molar-refractivity contribution in [1.29, 1.82) is 0 Å². The smallest absolute Gasteiger partial charge is 0.269 e. The summed E-state index contributed by atoms with van der Waals surface area (Å²) in [6, 6.07) is 5.10. The molecule has 0 aromatic heterocycles. The van der Waals surface area contributed by atoms with Gasteiger partial charge in [-0.25, -0.2) is 4.99 Å². The normalized spacial score (nSPS) is 20.5. The van der Waals surface area contributed by atoms with Crippen molar-refractivity contribution in [1.82, 2.24) is 10.6 Å². The van der Waals surface area contributed by atoms with E-state index in [1.165, 1.54) is 6.07 Å². The number of nitrogens with one attached hydrogen (secondary N) is 2. The highest BCUT2D eigenvalue weighted by Gasteiger charge is 2.19. The molecule has 0 radical (unpaired) electrons. The van der Waals surface area contributed by atoms with Gasteiger partial charge in [0.1, 0.15) is 0 Å². The Kier molecular flexibility index (Phi) is 4.39. The lowest BCUT2D eigenvalue weighted by atomic mass is 10.2. The average molecular weight is 280 g/mol. The first kappa shape index (κ1) is 13.8. The Morgan fingerprint density at radius 1 is 1.63 bits per heavy atom. The topological polar surface area (TPSA) is 79.6 Å². The molecule has 6 nitrogen and oxygen atoms in total. The molecule has 7 heteroatoms. The molecule has 0 bridgehead atoms. The third-order valence-corrected chi connectivity index (χ3v) is 3.86. The van der Waals surface area contributed by atoms with E-state index in [9.17, 15) is 10.1 Å². The average Bonchev–Trinajstić information content (AvgIpc) is 2.79. The predicted octanol–water partition coefficient (Wildman–Crippen LogP) is 1.82. The van der Waals surface area contributed by atoms with Gasteiger partial charge in [0.15, 0.2) is 5.17 Å². The number of hydrogen-bond donors (Lipinski definition) is 2. The fourth-order valence-electron chi connectivity index (χ4n) is 1.85. The summed E-state index contributed by atoms with van der Waals surface area (Å²) in [5.41, 5.74) is 1.67. The number of likely N-dealkylation sites (N-methyl/N-ethyl adjacent to an activating group) is 1. The Morgan fingerprint density at radius 2 is 2.42 bits per heavy atom. The van der Waals surface area contributed by atoms with Crippen LogP contribution in [-0.2, 0) is 0 Å². The lowest BCUT2D eigenvalue weighted by Crippen LogP contribution is -2.35. The number of rotatable bonds is 4. The van der Waals surface area contributed by atoms with Gasteiger partial charge in [0, 0.05) is 30.5 Å². The molecule has 2 rings (SSSR count). The Morgan fingerprint density at radius 3 is 3.05 bits per heavy atom. The fourth-order valence-corrected chi connectivity index (χ4v) is 2.82. The second-order valence-electron chi connectivity index (χ2n) is 4.35. The van der Waals surface area contributed by atoms with Gasteiger partial charge < -0.3 is 10.6 Å². The van der Waals surface area contributed by atoms with Crippen LogP contribution in [0.5, 0.6) is 0 Å². The van der Waals surface area contributed by atoms with Gasteiger partial charge in [-0.05, 0) is 25.6 Å². The minimum Gasteiger partial charge on any atom is -0.360 e. The van der Waals surface area contributed by atoms with Gasteiger partial charge in [0.05, 0.1) is 10.6 Å². The second-order valence-corrected chi connectivity index (χ2v) is 5.36. The van der Waals surface area contributed by atoms with Gasteiger partial charge in [-0.3, -0.25) is 10.1 Å². The first-order valence-electron chi connectivity index (χ1n) is 5.98. The molecule has 1 aromatic rings. The highest BCUT2D eigenvalue weighted by Crippen LogP contribution is 2.26. The van der Waals surface area contributed by atoms with E-state index in [-0.39, 0.29) is 5.69 Å². The monoisotopic (exact) mass is 280 g/mol. The summed E-state index contributed by atoms with van der Waals surface area (Å²) in [4.78, 5) is 14.8. The van der Waals surface area contributed by atoms with E-state index >= 15 is 0 Å². The number of nitrogens with zero attached hydrogens (tertiary/aromatic N) is 2. The van der Waals surface area contributed by atoms with Gasteiger partial charge in [-0.15, -0.1) is 0 Å². The van der Waals surface area contributed by atoms with Crippen molar-refractivity contribution in [3.63, 3.8) is 0 Å². The molecule has 1 fully saturated rings. The van der Waals surface area contributed by atoms with E-state index in [4.69, 9.17) is 0 Å². The lowest BCUT2D eigenvalue weighted by molar-refractivity contribution is -0.384. The first-order chi connectivity index (χ1) is 9.10. The molecule has 102 valence electrons. The Bertz CT molecular complexity index is 518. The van der Waals surface area contributed by atoms with Crippen molar-refractivity contribution in [3.8, 4) is 0 Å². The molecule has 1 heterocycles. The van der Waals surface area contributed by atoms with Crippen LogP contribution in [0.1, 0.15) is 5.56 Å². The van der Waals surface area contributed by atoms with E-state index in [1.807, 2.05) is 14.0 Å². The highest BCUT2D eigenvalue weighted by molar-refractivity contribution is 8.14. The molecule has 19 heavy (non-hydrogen) atoms. The quantitative estimate of drug-likeness (QED) is 0.649. The van der Waals surface area contributed by atoms with Gasteiger partial charge >= 0.3 is 0 Å². The van der Waals surface area contributed by atoms with E-state index < -0.39 is 4.92 Å². The number of benzene rings is 1. The maximum atomic E-state index is 10.7. The zero-order chi connectivity index (χ0) is 13.8. The van der Waals surface area contributed by atoms with Crippen LogP contribution in [0.15, 0.2) is 23.2 Å². The van der Waals surface area contributed by atoms with Crippen molar-refractivity contribution in [2.75, 3.05) is 19.3 Å². The highest BCUT2D eigenvalue weighted by atomic mass is 32.2. The SMILES string of the molecule is CNCC1CS/C(=N\c2ccc([N+](=O)[O-])cc2C)N1. The zero-order valence-corrected chi connectivity index (χ0v) is 11.7. The van der Waals surface area contributed by atoms with Gasteiger partial charge in [-0.2, -0.15) is 0 Å². The number of amidine groups is 1. The minimum atomic E-state index is -0.393. The Labute approximate surface area is 115 Å².